The minimum atomic E-state index is -1.08. The molecule has 0 aliphatic carbocycles. The number of carbonyl (C=O) groups is 2. The minimum Gasteiger partial charge on any atom is -0.480 e. The van der Waals surface area contributed by atoms with Gasteiger partial charge in [0, 0.05) is 31.0 Å². The van der Waals surface area contributed by atoms with Crippen molar-refractivity contribution in [3.8, 4) is 5.88 Å². The Morgan fingerprint density at radius 1 is 1.25 bits per heavy atom. The Morgan fingerprint density at radius 3 is 2.66 bits per heavy atom. The molecule has 0 bridgehead atoms. The van der Waals surface area contributed by atoms with Crippen LogP contribution in [0, 0.1) is 0 Å². The van der Waals surface area contributed by atoms with Gasteiger partial charge in [-0.05, 0) is 36.1 Å². The van der Waals surface area contributed by atoms with Crippen molar-refractivity contribution >= 4 is 42.0 Å². The molecule has 2 aromatic rings. The predicted molar refractivity (Wildman–Crippen MR) is 132 cm³/mol. The second-order valence-electron chi connectivity index (χ2n) is 7.16. The average Bonchev–Trinajstić information content (AvgIpc) is 2.80. The summed E-state index contributed by atoms with van der Waals surface area (Å²) in [7, 11) is 0. The number of hydrogen-bond acceptors (Lipinski definition) is 8. The van der Waals surface area contributed by atoms with Gasteiger partial charge >= 0.3 is 5.97 Å². The molecule has 1 heterocycles. The molecule has 2 rings (SSSR count). The third-order valence-electron chi connectivity index (χ3n) is 4.60. The normalized spacial score (nSPS) is 13.6. The first kappa shape index (κ1) is 25.8. The number of benzene rings is 1. The molecule has 1 aromatic carbocycles. The second-order valence-corrected chi connectivity index (χ2v) is 8.51. The average molecular weight is 479 g/mol. The van der Waals surface area contributed by atoms with Crippen LogP contribution in [-0.2, 0) is 16.0 Å². The zero-order valence-electron chi connectivity index (χ0n) is 17.9. The maximum atomic E-state index is 13.1. The molecule has 8 nitrogen and oxygen atoms in total. The first-order valence-corrected chi connectivity index (χ1v) is 12.2. The summed E-state index contributed by atoms with van der Waals surface area (Å²) in [5.74, 6) is -0.222. The van der Waals surface area contributed by atoms with Crippen molar-refractivity contribution in [2.24, 2.45) is 5.73 Å². The molecule has 174 valence electrons. The molecule has 1 amide bonds. The van der Waals surface area contributed by atoms with Crippen LogP contribution in [0.5, 0.6) is 5.88 Å². The molecule has 32 heavy (non-hydrogen) atoms. The van der Waals surface area contributed by atoms with E-state index < -0.39 is 24.0 Å². The summed E-state index contributed by atoms with van der Waals surface area (Å²) in [4.78, 5) is 28.9. The largest absolute Gasteiger partial charge is 0.480 e. The van der Waals surface area contributed by atoms with Crippen molar-refractivity contribution < 1.29 is 19.4 Å². The summed E-state index contributed by atoms with van der Waals surface area (Å²) in [5.41, 5.74) is 7.40. The van der Waals surface area contributed by atoms with Crippen LogP contribution in [0.15, 0.2) is 48.7 Å². The van der Waals surface area contributed by atoms with Gasteiger partial charge < -0.3 is 26.2 Å². The highest BCUT2D eigenvalue weighted by molar-refractivity contribution is 7.98. The lowest BCUT2D eigenvalue weighted by Crippen LogP contribution is -2.48. The van der Waals surface area contributed by atoms with Crippen LogP contribution in [-0.4, -0.2) is 64.5 Å². The summed E-state index contributed by atoms with van der Waals surface area (Å²) in [5, 5.41) is 15.3. The van der Waals surface area contributed by atoms with E-state index in [1.54, 1.807) is 18.3 Å². The number of thioether (sulfide) groups is 1. The SMILES string of the molecule is CSCC[C@H](NC(=O)[C@H](Cc1ccccc1)Oc1ncccc1NCC(N)CS)C(=O)O. The Morgan fingerprint density at radius 2 is 2.00 bits per heavy atom. The number of ether oxygens (including phenoxy) is 1. The molecule has 10 heteroatoms. The van der Waals surface area contributed by atoms with E-state index in [0.717, 1.165) is 5.56 Å². The topological polar surface area (TPSA) is 127 Å². The van der Waals surface area contributed by atoms with E-state index in [-0.39, 0.29) is 18.3 Å². The Kier molecular flexibility index (Phi) is 11.2. The number of aromatic nitrogens is 1. The zero-order chi connectivity index (χ0) is 23.3. The van der Waals surface area contributed by atoms with E-state index in [2.05, 4.69) is 28.2 Å². The maximum absolute atomic E-state index is 13.1. The van der Waals surface area contributed by atoms with E-state index in [1.807, 2.05) is 36.6 Å². The van der Waals surface area contributed by atoms with Crippen LogP contribution in [0.25, 0.3) is 0 Å². The lowest BCUT2D eigenvalue weighted by molar-refractivity contribution is -0.143. The lowest BCUT2D eigenvalue weighted by atomic mass is 10.1. The Balaban J connectivity index is 2.22. The number of pyridine rings is 1. The number of carbonyl (C=O) groups excluding carboxylic acids is 1. The standard InChI is InChI=1S/C22H30N4O4S2/c1-32-11-9-18(22(28)29)26-20(27)19(12-15-6-3-2-4-7-15)30-21-17(8-5-10-24-21)25-13-16(23)14-31/h2-8,10,16,18-19,25,31H,9,11-14,23H2,1H3,(H,26,27)(H,28,29)/t16?,18-,19-/m0/s1. The number of carboxylic acid groups (broad SMARTS) is 1. The lowest BCUT2D eigenvalue weighted by Gasteiger charge is -2.22. The predicted octanol–water partition coefficient (Wildman–Crippen LogP) is 2.06. The van der Waals surface area contributed by atoms with Gasteiger partial charge in [-0.15, -0.1) is 0 Å². The van der Waals surface area contributed by atoms with Crippen LogP contribution >= 0.6 is 24.4 Å². The van der Waals surface area contributed by atoms with Crippen LogP contribution in [0.4, 0.5) is 5.69 Å². The van der Waals surface area contributed by atoms with Crippen molar-refractivity contribution in [3.05, 3.63) is 54.2 Å². The first-order valence-electron chi connectivity index (χ1n) is 10.2. The van der Waals surface area contributed by atoms with Gasteiger partial charge in [0.15, 0.2) is 6.10 Å². The molecular formula is C22H30N4O4S2. The highest BCUT2D eigenvalue weighted by Crippen LogP contribution is 2.23. The fourth-order valence-electron chi connectivity index (χ4n) is 2.83. The highest BCUT2D eigenvalue weighted by Gasteiger charge is 2.28. The van der Waals surface area contributed by atoms with Crippen LogP contribution < -0.4 is 21.1 Å². The summed E-state index contributed by atoms with van der Waals surface area (Å²) in [6.07, 6.45) is 3.06. The molecule has 0 aliphatic rings. The summed E-state index contributed by atoms with van der Waals surface area (Å²) >= 11 is 5.70. The van der Waals surface area contributed by atoms with E-state index in [1.165, 1.54) is 11.8 Å². The van der Waals surface area contributed by atoms with Gasteiger partial charge in [-0.1, -0.05) is 30.3 Å². The third-order valence-corrected chi connectivity index (χ3v) is 5.71. The Hall–Kier alpha value is -2.43. The molecule has 0 spiro atoms. The molecule has 1 aromatic heterocycles. The summed E-state index contributed by atoms with van der Waals surface area (Å²) < 4.78 is 6.02. The number of thiol groups is 1. The van der Waals surface area contributed by atoms with Crippen molar-refractivity contribution in [1.29, 1.82) is 0 Å². The van der Waals surface area contributed by atoms with Gasteiger partial charge in [0.2, 0.25) is 5.88 Å². The maximum Gasteiger partial charge on any atom is 0.326 e. The quantitative estimate of drug-likeness (QED) is 0.261. The van der Waals surface area contributed by atoms with Gasteiger partial charge in [-0.25, -0.2) is 9.78 Å². The van der Waals surface area contributed by atoms with Crippen molar-refractivity contribution in [3.63, 3.8) is 0 Å². The van der Waals surface area contributed by atoms with Gasteiger partial charge in [-0.3, -0.25) is 4.79 Å². The van der Waals surface area contributed by atoms with Gasteiger partial charge in [0.05, 0.1) is 5.69 Å². The Bertz CT molecular complexity index is 857. The molecule has 3 atom stereocenters. The fraction of sp³-hybridized carbons (Fsp3) is 0.409. The molecule has 0 fully saturated rings. The number of nitrogens with two attached hydrogens (primary N) is 1. The number of nitrogens with zero attached hydrogens (tertiary/aromatic N) is 1. The zero-order valence-corrected chi connectivity index (χ0v) is 19.6. The van der Waals surface area contributed by atoms with E-state index in [0.29, 0.717) is 30.2 Å². The van der Waals surface area contributed by atoms with Crippen molar-refractivity contribution in [1.82, 2.24) is 10.3 Å². The highest BCUT2D eigenvalue weighted by atomic mass is 32.2. The van der Waals surface area contributed by atoms with Crippen LogP contribution in [0.3, 0.4) is 0 Å². The van der Waals surface area contributed by atoms with Crippen molar-refractivity contribution in [2.45, 2.75) is 31.0 Å². The second kappa shape index (κ2) is 13.9. The van der Waals surface area contributed by atoms with Crippen LogP contribution in [0.2, 0.25) is 0 Å². The van der Waals surface area contributed by atoms with Gasteiger partial charge in [0.1, 0.15) is 6.04 Å². The molecule has 0 radical (unpaired) electrons. The summed E-state index contributed by atoms with van der Waals surface area (Å²) in [6, 6.07) is 11.8. The van der Waals surface area contributed by atoms with Gasteiger partial charge in [0.25, 0.3) is 5.91 Å². The number of nitrogens with one attached hydrogen (secondary N) is 2. The van der Waals surface area contributed by atoms with E-state index >= 15 is 0 Å². The molecule has 0 saturated carbocycles. The smallest absolute Gasteiger partial charge is 0.326 e. The first-order chi connectivity index (χ1) is 15.4. The van der Waals surface area contributed by atoms with Crippen LogP contribution in [0.1, 0.15) is 12.0 Å². The fourth-order valence-corrected chi connectivity index (χ4v) is 3.43. The van der Waals surface area contributed by atoms with E-state index in [4.69, 9.17) is 10.5 Å². The molecule has 0 saturated heterocycles. The third kappa shape index (κ3) is 8.60. The minimum absolute atomic E-state index is 0.164. The van der Waals surface area contributed by atoms with Gasteiger partial charge in [-0.2, -0.15) is 24.4 Å². The van der Waals surface area contributed by atoms with E-state index in [9.17, 15) is 14.7 Å². The molecule has 0 aliphatic heterocycles. The number of carboxylic acids is 1. The van der Waals surface area contributed by atoms with Crippen molar-refractivity contribution in [2.75, 3.05) is 29.6 Å². The summed E-state index contributed by atoms with van der Waals surface area (Å²) in [6.45, 7) is 0.455. The number of hydrogen-bond donors (Lipinski definition) is 5. The molecule has 1 unspecified atom stereocenters. The number of rotatable bonds is 14. The molecular weight excluding hydrogens is 448 g/mol. The number of anilines is 1. The number of amides is 1. The molecule has 5 N–H and O–H groups in total. The Labute approximate surface area is 198 Å². The number of aliphatic carboxylic acids is 1. The monoisotopic (exact) mass is 478 g/mol.